The maximum absolute atomic E-state index is 12.3. The number of carbonyl (C=O) groups is 1. The zero-order valence-electron chi connectivity index (χ0n) is 9.65. The molecule has 0 saturated carbocycles. The molecular weight excluding hydrogens is 240 g/mol. The number of nitrogens with two attached hydrogens (primary N) is 1. The number of nitrogens with zero attached hydrogens (tertiary/aromatic N) is 1. The van der Waals surface area contributed by atoms with Crippen LogP contribution >= 0.6 is 11.6 Å². The molecule has 0 aliphatic carbocycles. The first-order chi connectivity index (χ1) is 8.11. The molecule has 92 valence electrons. The van der Waals surface area contributed by atoms with Crippen molar-refractivity contribution in [2.45, 2.75) is 12.5 Å². The third-order valence-corrected chi connectivity index (χ3v) is 3.14. The van der Waals surface area contributed by atoms with Crippen molar-refractivity contribution < 1.29 is 9.53 Å². The molecule has 2 rings (SSSR count). The van der Waals surface area contributed by atoms with Crippen molar-refractivity contribution in [3.05, 3.63) is 28.8 Å². The Kier molecular flexibility index (Phi) is 3.54. The monoisotopic (exact) mass is 254 g/mol. The van der Waals surface area contributed by atoms with Gasteiger partial charge in [0.2, 0.25) is 0 Å². The molecule has 0 aromatic heterocycles. The van der Waals surface area contributed by atoms with Gasteiger partial charge in [0.05, 0.1) is 12.7 Å². The fourth-order valence-corrected chi connectivity index (χ4v) is 2.16. The highest BCUT2D eigenvalue weighted by molar-refractivity contribution is 6.31. The van der Waals surface area contributed by atoms with E-state index in [9.17, 15) is 4.79 Å². The van der Waals surface area contributed by atoms with E-state index >= 15 is 0 Å². The number of hydrogen-bond donors (Lipinski definition) is 1. The van der Waals surface area contributed by atoms with Crippen molar-refractivity contribution in [1.82, 2.24) is 4.90 Å². The van der Waals surface area contributed by atoms with Crippen LogP contribution < -0.4 is 10.5 Å². The van der Waals surface area contributed by atoms with Gasteiger partial charge in [-0.3, -0.25) is 4.79 Å². The van der Waals surface area contributed by atoms with E-state index in [4.69, 9.17) is 22.1 Å². The van der Waals surface area contributed by atoms with Gasteiger partial charge < -0.3 is 15.4 Å². The number of likely N-dealkylation sites (tertiary alicyclic amines) is 1. The van der Waals surface area contributed by atoms with Gasteiger partial charge in [-0.15, -0.1) is 0 Å². The van der Waals surface area contributed by atoms with Gasteiger partial charge in [0.1, 0.15) is 5.75 Å². The summed E-state index contributed by atoms with van der Waals surface area (Å²) in [4.78, 5) is 14.0. The first kappa shape index (κ1) is 12.2. The lowest BCUT2D eigenvalue weighted by Gasteiger charge is -2.17. The molecule has 17 heavy (non-hydrogen) atoms. The highest BCUT2D eigenvalue weighted by Crippen LogP contribution is 2.25. The summed E-state index contributed by atoms with van der Waals surface area (Å²) in [5.41, 5.74) is 6.28. The SMILES string of the molecule is COc1ccc(Cl)cc1C(=O)N1CC[C@@H](N)C1. The number of amides is 1. The standard InChI is InChI=1S/C12H15ClN2O2/c1-17-11-3-2-8(13)6-10(11)12(16)15-5-4-9(14)7-15/h2-3,6,9H,4-5,7,14H2,1H3/t9-/m1/s1. The van der Waals surface area contributed by atoms with Gasteiger partial charge in [0.15, 0.2) is 0 Å². The molecule has 1 aliphatic rings. The van der Waals surface area contributed by atoms with Crippen LogP contribution in [0.5, 0.6) is 5.75 Å². The number of carbonyl (C=O) groups excluding carboxylic acids is 1. The highest BCUT2D eigenvalue weighted by Gasteiger charge is 2.26. The largest absolute Gasteiger partial charge is 0.496 e. The molecule has 1 fully saturated rings. The van der Waals surface area contributed by atoms with Crippen LogP contribution in [0.4, 0.5) is 0 Å². The summed E-state index contributed by atoms with van der Waals surface area (Å²) in [6, 6.07) is 5.11. The van der Waals surface area contributed by atoms with Gasteiger partial charge in [0.25, 0.3) is 5.91 Å². The smallest absolute Gasteiger partial charge is 0.257 e. The quantitative estimate of drug-likeness (QED) is 0.871. The number of rotatable bonds is 2. The van der Waals surface area contributed by atoms with Crippen molar-refractivity contribution in [3.63, 3.8) is 0 Å². The Labute approximate surface area is 105 Å². The van der Waals surface area contributed by atoms with Crippen LogP contribution in [0.15, 0.2) is 18.2 Å². The predicted molar refractivity (Wildman–Crippen MR) is 66.5 cm³/mol. The second-order valence-corrected chi connectivity index (χ2v) is 4.58. The second-order valence-electron chi connectivity index (χ2n) is 4.14. The third-order valence-electron chi connectivity index (χ3n) is 2.90. The second kappa shape index (κ2) is 4.94. The number of ether oxygens (including phenoxy) is 1. The van der Waals surface area contributed by atoms with Crippen molar-refractivity contribution in [1.29, 1.82) is 0 Å². The molecule has 1 aromatic carbocycles. The molecule has 1 heterocycles. The summed E-state index contributed by atoms with van der Waals surface area (Å²) in [7, 11) is 1.54. The van der Waals surface area contributed by atoms with Gasteiger partial charge in [-0.1, -0.05) is 11.6 Å². The van der Waals surface area contributed by atoms with Crippen molar-refractivity contribution >= 4 is 17.5 Å². The first-order valence-electron chi connectivity index (χ1n) is 5.50. The zero-order chi connectivity index (χ0) is 12.4. The normalized spacial score (nSPS) is 19.5. The summed E-state index contributed by atoms with van der Waals surface area (Å²) < 4.78 is 5.17. The molecule has 1 aromatic rings. The van der Waals surface area contributed by atoms with Crippen LogP contribution in [0.3, 0.4) is 0 Å². The molecule has 1 amide bonds. The fourth-order valence-electron chi connectivity index (χ4n) is 1.99. The maximum Gasteiger partial charge on any atom is 0.257 e. The van der Waals surface area contributed by atoms with Gasteiger partial charge in [-0.25, -0.2) is 0 Å². The van der Waals surface area contributed by atoms with E-state index in [0.717, 1.165) is 6.42 Å². The lowest BCUT2D eigenvalue weighted by molar-refractivity contribution is 0.0787. The Morgan fingerprint density at radius 1 is 1.59 bits per heavy atom. The molecular formula is C12H15ClN2O2. The van der Waals surface area contributed by atoms with Crippen LogP contribution in [0.2, 0.25) is 5.02 Å². The van der Waals surface area contributed by atoms with E-state index in [1.807, 2.05) is 0 Å². The number of benzene rings is 1. The first-order valence-corrected chi connectivity index (χ1v) is 5.88. The molecule has 0 bridgehead atoms. The fraction of sp³-hybridized carbons (Fsp3) is 0.417. The average molecular weight is 255 g/mol. The van der Waals surface area contributed by atoms with Gasteiger partial charge in [-0.2, -0.15) is 0 Å². The van der Waals surface area contributed by atoms with Gasteiger partial charge in [-0.05, 0) is 24.6 Å². The van der Waals surface area contributed by atoms with Crippen molar-refractivity contribution in [2.75, 3.05) is 20.2 Å². The number of halogens is 1. The molecule has 1 atom stereocenters. The summed E-state index contributed by atoms with van der Waals surface area (Å²) in [6.07, 6.45) is 0.842. The molecule has 2 N–H and O–H groups in total. The maximum atomic E-state index is 12.3. The van der Waals surface area contributed by atoms with Crippen molar-refractivity contribution in [3.8, 4) is 5.75 Å². The minimum absolute atomic E-state index is 0.0719. The highest BCUT2D eigenvalue weighted by atomic mass is 35.5. The number of hydrogen-bond acceptors (Lipinski definition) is 3. The lowest BCUT2D eigenvalue weighted by Crippen LogP contribution is -2.32. The third kappa shape index (κ3) is 2.53. The van der Waals surface area contributed by atoms with Gasteiger partial charge >= 0.3 is 0 Å². The van der Waals surface area contributed by atoms with Crippen LogP contribution in [-0.4, -0.2) is 37.0 Å². The molecule has 4 nitrogen and oxygen atoms in total. The van der Waals surface area contributed by atoms with E-state index in [2.05, 4.69) is 0 Å². The lowest BCUT2D eigenvalue weighted by atomic mass is 10.1. The minimum atomic E-state index is -0.0719. The topological polar surface area (TPSA) is 55.6 Å². The van der Waals surface area contributed by atoms with Gasteiger partial charge in [0, 0.05) is 24.2 Å². The van der Waals surface area contributed by atoms with E-state index in [0.29, 0.717) is 29.4 Å². The van der Waals surface area contributed by atoms with Crippen molar-refractivity contribution in [2.24, 2.45) is 5.73 Å². The molecule has 1 saturated heterocycles. The van der Waals surface area contributed by atoms with Crippen LogP contribution in [-0.2, 0) is 0 Å². The molecule has 1 aliphatic heterocycles. The molecule has 0 spiro atoms. The van der Waals surface area contributed by atoms with Crippen LogP contribution in [0, 0.1) is 0 Å². The predicted octanol–water partition coefficient (Wildman–Crippen LogP) is 1.52. The molecule has 5 heteroatoms. The summed E-state index contributed by atoms with van der Waals surface area (Å²) in [5, 5.41) is 0.526. The Bertz CT molecular complexity index is 437. The van der Waals surface area contributed by atoms with E-state index < -0.39 is 0 Å². The molecule has 0 unspecified atom stereocenters. The van der Waals surface area contributed by atoms with E-state index in [1.54, 1.807) is 23.1 Å². The Balaban J connectivity index is 2.26. The summed E-state index contributed by atoms with van der Waals surface area (Å²) in [6.45, 7) is 1.28. The average Bonchev–Trinajstić information content (AvgIpc) is 2.75. The van der Waals surface area contributed by atoms with Crippen LogP contribution in [0.1, 0.15) is 16.8 Å². The Hall–Kier alpha value is -1.26. The summed E-state index contributed by atoms with van der Waals surface area (Å²) >= 11 is 5.90. The van der Waals surface area contributed by atoms with E-state index in [1.165, 1.54) is 7.11 Å². The Morgan fingerprint density at radius 2 is 2.35 bits per heavy atom. The Morgan fingerprint density at radius 3 is 2.94 bits per heavy atom. The van der Waals surface area contributed by atoms with Crippen LogP contribution in [0.25, 0.3) is 0 Å². The molecule has 0 radical (unpaired) electrons. The zero-order valence-corrected chi connectivity index (χ0v) is 10.4. The van der Waals surface area contributed by atoms with E-state index in [-0.39, 0.29) is 11.9 Å². The summed E-state index contributed by atoms with van der Waals surface area (Å²) in [5.74, 6) is 0.470. The number of methoxy groups -OCH3 is 1. The minimum Gasteiger partial charge on any atom is -0.496 e.